The largest absolute Gasteiger partial charge is 0.462 e. The summed E-state index contributed by atoms with van der Waals surface area (Å²) in [5.74, 6) is 2.34. The van der Waals surface area contributed by atoms with Gasteiger partial charge < -0.3 is 14.6 Å². The van der Waals surface area contributed by atoms with Gasteiger partial charge in [-0.3, -0.25) is 9.63 Å². The van der Waals surface area contributed by atoms with Crippen molar-refractivity contribution >= 4 is 12.3 Å². The zero-order chi connectivity index (χ0) is 32.5. The monoisotopic (exact) mass is 613 g/mol. The summed E-state index contributed by atoms with van der Waals surface area (Å²) in [6, 6.07) is -0.390. The fraction of sp³-hybridized carbons (Fsp3) is 0.895. The molecule has 0 aromatic rings. The average molecular weight is 614 g/mol. The van der Waals surface area contributed by atoms with Crippen molar-refractivity contribution in [3.05, 3.63) is 11.6 Å². The number of hydroxylamine groups is 1. The van der Waals surface area contributed by atoms with Crippen LogP contribution in [0.4, 0.5) is 0 Å². The highest BCUT2D eigenvalue weighted by molar-refractivity contribution is 5.79. The van der Waals surface area contributed by atoms with E-state index < -0.39 is 11.5 Å². The Morgan fingerprint density at radius 2 is 1.70 bits per heavy atom. The van der Waals surface area contributed by atoms with Gasteiger partial charge in [0.25, 0.3) is 0 Å². The molecule has 4 fully saturated rings. The molecule has 0 aromatic heterocycles. The molecule has 0 radical (unpaired) electrons. The minimum atomic E-state index is -0.491. The number of allylic oxidation sites excluding steroid dienone is 2. The second kappa shape index (κ2) is 11.8. The standard InChI is InChI=1S/C38H63NO5/c1-23(2)28(21-40)39-44-25(4)22-43-33(42)38-18-13-24(3)26(5)32(38)27-11-12-30-35(8)16-15-31(41)34(6,7)29(35)14-17-37(30,10)36(27,9)19-20-38/h11,21,23-26,28-32,39,41H,12-20,22H2,1-10H3/t24-,25?,26+,28-,29?,30-,31+,32+,35+,36-,37-,38+/m1/s1. The van der Waals surface area contributed by atoms with Gasteiger partial charge >= 0.3 is 5.97 Å². The summed E-state index contributed by atoms with van der Waals surface area (Å²) in [4.78, 5) is 31.4. The molecule has 5 aliphatic rings. The molecule has 0 spiro atoms. The highest BCUT2D eigenvalue weighted by Gasteiger charge is 2.69. The third-order valence-corrected chi connectivity index (χ3v) is 15.1. The Morgan fingerprint density at radius 3 is 2.36 bits per heavy atom. The van der Waals surface area contributed by atoms with E-state index in [0.29, 0.717) is 23.7 Å². The van der Waals surface area contributed by atoms with Crippen LogP contribution in [0.5, 0.6) is 0 Å². The van der Waals surface area contributed by atoms with E-state index in [1.807, 2.05) is 20.8 Å². The summed E-state index contributed by atoms with van der Waals surface area (Å²) in [6.07, 6.45) is 12.2. The van der Waals surface area contributed by atoms with Crippen molar-refractivity contribution in [1.82, 2.24) is 5.48 Å². The van der Waals surface area contributed by atoms with E-state index in [0.717, 1.165) is 51.2 Å². The lowest BCUT2D eigenvalue weighted by atomic mass is 9.33. The SMILES string of the molecule is CC(COC(=O)[C@]12CC[C@@H](C)[C@H](C)[C@H]1C1=CC[C@@H]3[C@@]4(C)CC[C@H](O)C(C)(C)C4CC[C@@]3(C)[C@]1(C)CC2)ON[C@H](C=O)C(C)C. The maximum atomic E-state index is 14.3. The van der Waals surface area contributed by atoms with Gasteiger partial charge in [-0.25, -0.2) is 0 Å². The lowest BCUT2D eigenvalue weighted by molar-refractivity contribution is -0.208. The number of rotatable bonds is 8. The molecule has 0 aromatic carbocycles. The topological polar surface area (TPSA) is 84.9 Å². The first-order valence-electron chi connectivity index (χ1n) is 17.9. The molecule has 4 saturated carbocycles. The predicted molar refractivity (Wildman–Crippen MR) is 174 cm³/mol. The number of esters is 1. The van der Waals surface area contributed by atoms with Gasteiger partial charge in [-0.05, 0) is 122 Å². The highest BCUT2D eigenvalue weighted by atomic mass is 16.7. The van der Waals surface area contributed by atoms with E-state index >= 15 is 0 Å². The second-order valence-electron chi connectivity index (χ2n) is 17.7. The molecule has 12 atom stereocenters. The van der Waals surface area contributed by atoms with Gasteiger partial charge in [0.05, 0.1) is 17.6 Å². The van der Waals surface area contributed by atoms with E-state index in [1.165, 1.54) is 12.8 Å². The van der Waals surface area contributed by atoms with E-state index in [4.69, 9.17) is 9.57 Å². The minimum Gasteiger partial charge on any atom is -0.462 e. The van der Waals surface area contributed by atoms with Crippen LogP contribution in [-0.4, -0.2) is 42.2 Å². The summed E-state index contributed by atoms with van der Waals surface area (Å²) in [7, 11) is 0. The lowest BCUT2D eigenvalue weighted by Gasteiger charge is -2.71. The van der Waals surface area contributed by atoms with Crippen LogP contribution in [0.1, 0.15) is 127 Å². The lowest BCUT2D eigenvalue weighted by Crippen LogP contribution is -2.65. The average Bonchev–Trinajstić information content (AvgIpc) is 2.96. The molecule has 2 unspecified atom stereocenters. The van der Waals surface area contributed by atoms with Crippen molar-refractivity contribution in [3.63, 3.8) is 0 Å². The Hall–Kier alpha value is -1.24. The Bertz CT molecular complexity index is 1130. The maximum absolute atomic E-state index is 14.3. The van der Waals surface area contributed by atoms with Gasteiger partial charge in [0.1, 0.15) is 19.0 Å². The maximum Gasteiger partial charge on any atom is 0.312 e. The number of aliphatic hydroxyl groups is 1. The van der Waals surface area contributed by atoms with Gasteiger partial charge in [-0.15, -0.1) is 0 Å². The molecule has 0 saturated heterocycles. The van der Waals surface area contributed by atoms with Gasteiger partial charge in [0.2, 0.25) is 0 Å². The molecule has 44 heavy (non-hydrogen) atoms. The van der Waals surface area contributed by atoms with Crippen molar-refractivity contribution in [2.75, 3.05) is 6.61 Å². The quantitative estimate of drug-likeness (QED) is 0.126. The van der Waals surface area contributed by atoms with Crippen LogP contribution in [-0.2, 0) is 19.2 Å². The second-order valence-corrected chi connectivity index (χ2v) is 17.7. The van der Waals surface area contributed by atoms with Gasteiger partial charge in [-0.1, -0.05) is 74.0 Å². The number of aliphatic hydroxyl groups excluding tert-OH is 1. The molecule has 0 aliphatic heterocycles. The fourth-order valence-electron chi connectivity index (χ4n) is 11.7. The van der Waals surface area contributed by atoms with Gasteiger partial charge in [-0.2, -0.15) is 5.48 Å². The molecule has 6 nitrogen and oxygen atoms in total. The number of aldehydes is 1. The van der Waals surface area contributed by atoms with Gasteiger partial charge in [0, 0.05) is 0 Å². The van der Waals surface area contributed by atoms with Crippen molar-refractivity contribution in [2.45, 2.75) is 145 Å². The normalized spacial score (nSPS) is 46.0. The van der Waals surface area contributed by atoms with Crippen LogP contribution in [0.3, 0.4) is 0 Å². The molecular weight excluding hydrogens is 550 g/mol. The van der Waals surface area contributed by atoms with Gasteiger partial charge in [0.15, 0.2) is 0 Å². The van der Waals surface area contributed by atoms with Crippen LogP contribution in [0, 0.1) is 62.6 Å². The predicted octanol–water partition coefficient (Wildman–Crippen LogP) is 7.68. The summed E-state index contributed by atoms with van der Waals surface area (Å²) in [5.41, 5.74) is 4.28. The van der Waals surface area contributed by atoms with Crippen molar-refractivity contribution in [3.8, 4) is 0 Å². The molecule has 6 heteroatoms. The molecule has 2 N–H and O–H groups in total. The summed E-state index contributed by atoms with van der Waals surface area (Å²) < 4.78 is 6.13. The van der Waals surface area contributed by atoms with Crippen LogP contribution in [0.15, 0.2) is 11.6 Å². The highest BCUT2D eigenvalue weighted by Crippen LogP contribution is 2.75. The molecule has 5 aliphatic carbocycles. The summed E-state index contributed by atoms with van der Waals surface area (Å²) in [5, 5.41) is 11.0. The van der Waals surface area contributed by atoms with Crippen LogP contribution in [0.25, 0.3) is 0 Å². The third kappa shape index (κ3) is 4.98. The third-order valence-electron chi connectivity index (χ3n) is 15.1. The first kappa shape index (κ1) is 34.1. The van der Waals surface area contributed by atoms with E-state index in [9.17, 15) is 14.7 Å². The number of carbonyl (C=O) groups excluding carboxylic acids is 2. The summed E-state index contributed by atoms with van der Waals surface area (Å²) >= 11 is 0. The van der Waals surface area contributed by atoms with Crippen LogP contribution in [0.2, 0.25) is 0 Å². The smallest absolute Gasteiger partial charge is 0.312 e. The number of hydrogen-bond acceptors (Lipinski definition) is 6. The number of carbonyl (C=O) groups is 2. The first-order chi connectivity index (χ1) is 20.5. The van der Waals surface area contributed by atoms with E-state index in [-0.39, 0.29) is 58.3 Å². The van der Waals surface area contributed by atoms with Crippen molar-refractivity contribution in [2.24, 2.45) is 62.6 Å². The number of nitrogens with one attached hydrogen (secondary N) is 1. The zero-order valence-corrected chi connectivity index (χ0v) is 29.5. The summed E-state index contributed by atoms with van der Waals surface area (Å²) in [6.45, 7) is 23.1. The Morgan fingerprint density at radius 1 is 1.00 bits per heavy atom. The first-order valence-corrected chi connectivity index (χ1v) is 17.9. The molecule has 5 rings (SSSR count). The molecule has 0 bridgehead atoms. The van der Waals surface area contributed by atoms with Crippen LogP contribution >= 0.6 is 0 Å². The van der Waals surface area contributed by atoms with E-state index in [2.05, 4.69) is 60.0 Å². The molecule has 0 amide bonds. The number of fused-ring (bicyclic) bond motifs is 7. The Balaban J connectivity index is 1.42. The van der Waals surface area contributed by atoms with E-state index in [1.54, 1.807) is 5.57 Å². The number of ether oxygens (including phenoxy) is 1. The zero-order valence-electron chi connectivity index (χ0n) is 29.5. The molecular formula is C38H63NO5. The van der Waals surface area contributed by atoms with Crippen molar-refractivity contribution < 1.29 is 24.3 Å². The molecule has 0 heterocycles. The number of hydrogen-bond donors (Lipinski definition) is 2. The fourth-order valence-corrected chi connectivity index (χ4v) is 11.7. The minimum absolute atomic E-state index is 0.0465. The Kier molecular flexibility index (Phi) is 9.13. The van der Waals surface area contributed by atoms with Crippen molar-refractivity contribution in [1.29, 1.82) is 0 Å². The Labute approximate surface area is 267 Å². The molecule has 250 valence electrons. The van der Waals surface area contributed by atoms with Crippen LogP contribution < -0.4 is 5.48 Å².